The van der Waals surface area contributed by atoms with Gasteiger partial charge < -0.3 is 15.4 Å². The van der Waals surface area contributed by atoms with Crippen molar-refractivity contribution < 1.29 is 4.74 Å². The fourth-order valence-corrected chi connectivity index (χ4v) is 1.92. The monoisotopic (exact) mass is 334 g/mol. The maximum Gasteiger partial charge on any atom is 0.0587 e. The zero-order chi connectivity index (χ0) is 11.6. The summed E-state index contributed by atoms with van der Waals surface area (Å²) in [5.74, 6) is 0. The van der Waals surface area contributed by atoms with E-state index >= 15 is 0 Å². The third-order valence-electron chi connectivity index (χ3n) is 2.23. The van der Waals surface area contributed by atoms with Crippen LogP contribution in [-0.2, 0) is 11.3 Å². The van der Waals surface area contributed by atoms with Crippen LogP contribution in [0.1, 0.15) is 5.56 Å². The molecule has 2 N–H and O–H groups in total. The fraction of sp³-hybridized carbons (Fsp3) is 0.500. The van der Waals surface area contributed by atoms with Gasteiger partial charge in [-0.05, 0) is 34.2 Å². The van der Waals surface area contributed by atoms with Crippen molar-refractivity contribution in [3.05, 3.63) is 33.4 Å². The molecule has 1 rings (SSSR count). The van der Waals surface area contributed by atoms with Crippen LogP contribution >= 0.6 is 22.6 Å². The van der Waals surface area contributed by atoms with Crippen molar-refractivity contribution in [3.8, 4) is 0 Å². The lowest BCUT2D eigenvalue weighted by Gasteiger charge is -2.07. The molecule has 3 nitrogen and oxygen atoms in total. The van der Waals surface area contributed by atoms with Crippen molar-refractivity contribution in [3.63, 3.8) is 0 Å². The second-order valence-corrected chi connectivity index (χ2v) is 4.67. The smallest absolute Gasteiger partial charge is 0.0587 e. The van der Waals surface area contributed by atoms with Crippen molar-refractivity contribution >= 4 is 22.6 Å². The normalized spacial score (nSPS) is 10.6. The second-order valence-electron chi connectivity index (χ2n) is 3.51. The van der Waals surface area contributed by atoms with Gasteiger partial charge in [0.15, 0.2) is 0 Å². The summed E-state index contributed by atoms with van der Waals surface area (Å²) in [6, 6.07) is 8.44. The highest BCUT2D eigenvalue weighted by atomic mass is 127. The van der Waals surface area contributed by atoms with E-state index in [0.717, 1.165) is 32.8 Å². The molecule has 16 heavy (non-hydrogen) atoms. The Morgan fingerprint density at radius 1 is 1.12 bits per heavy atom. The number of benzene rings is 1. The molecule has 0 aliphatic heterocycles. The molecule has 1 aromatic rings. The topological polar surface area (TPSA) is 33.3 Å². The van der Waals surface area contributed by atoms with Gasteiger partial charge >= 0.3 is 0 Å². The van der Waals surface area contributed by atoms with Gasteiger partial charge in [0.1, 0.15) is 0 Å². The molecular weight excluding hydrogens is 315 g/mol. The lowest BCUT2D eigenvalue weighted by atomic mass is 10.2. The molecule has 1 aromatic carbocycles. The molecule has 0 aliphatic rings. The molecule has 4 heteroatoms. The Kier molecular flexibility index (Phi) is 7.75. The summed E-state index contributed by atoms with van der Waals surface area (Å²) < 4.78 is 6.27. The Morgan fingerprint density at radius 2 is 1.88 bits per heavy atom. The number of nitrogens with one attached hydrogen (secondary N) is 2. The molecule has 0 amide bonds. The third kappa shape index (κ3) is 5.79. The third-order valence-corrected chi connectivity index (χ3v) is 3.29. The summed E-state index contributed by atoms with van der Waals surface area (Å²) >= 11 is 2.37. The predicted octanol–water partition coefficient (Wildman–Crippen LogP) is 1.62. The van der Waals surface area contributed by atoms with Gasteiger partial charge in [0.25, 0.3) is 0 Å². The van der Waals surface area contributed by atoms with Crippen LogP contribution in [0.15, 0.2) is 24.3 Å². The van der Waals surface area contributed by atoms with Crippen molar-refractivity contribution in [2.75, 3.05) is 33.4 Å². The van der Waals surface area contributed by atoms with E-state index in [1.165, 1.54) is 9.13 Å². The number of rotatable bonds is 8. The molecule has 0 aromatic heterocycles. The van der Waals surface area contributed by atoms with Gasteiger partial charge in [0.05, 0.1) is 6.61 Å². The first-order chi connectivity index (χ1) is 7.84. The Morgan fingerprint density at radius 3 is 2.62 bits per heavy atom. The van der Waals surface area contributed by atoms with Gasteiger partial charge in [-0.1, -0.05) is 18.2 Å². The molecule has 0 aliphatic carbocycles. The minimum absolute atomic E-state index is 0.774. The Labute approximate surface area is 111 Å². The van der Waals surface area contributed by atoms with E-state index in [1.54, 1.807) is 7.11 Å². The van der Waals surface area contributed by atoms with Crippen LogP contribution in [0.2, 0.25) is 0 Å². The maximum atomic E-state index is 4.95. The minimum atomic E-state index is 0.774. The first-order valence-corrected chi connectivity index (χ1v) is 6.56. The fourth-order valence-electron chi connectivity index (χ4n) is 1.34. The Hall–Kier alpha value is -0.170. The van der Waals surface area contributed by atoms with Crippen molar-refractivity contribution in [2.45, 2.75) is 6.54 Å². The largest absolute Gasteiger partial charge is 0.383 e. The number of hydrogen-bond acceptors (Lipinski definition) is 3. The molecule has 0 saturated heterocycles. The lowest BCUT2D eigenvalue weighted by molar-refractivity contribution is 0.199. The van der Waals surface area contributed by atoms with Crippen LogP contribution < -0.4 is 10.6 Å². The first kappa shape index (κ1) is 13.9. The second kappa shape index (κ2) is 8.92. The molecule has 0 spiro atoms. The minimum Gasteiger partial charge on any atom is -0.383 e. The van der Waals surface area contributed by atoms with E-state index in [4.69, 9.17) is 4.74 Å². The van der Waals surface area contributed by atoms with E-state index in [0.29, 0.717) is 0 Å². The molecule has 0 radical (unpaired) electrons. The van der Waals surface area contributed by atoms with Crippen molar-refractivity contribution in [2.24, 2.45) is 0 Å². The van der Waals surface area contributed by atoms with Gasteiger partial charge in [-0.25, -0.2) is 0 Å². The van der Waals surface area contributed by atoms with E-state index in [9.17, 15) is 0 Å². The van der Waals surface area contributed by atoms with Gasteiger partial charge in [-0.2, -0.15) is 0 Å². The summed E-state index contributed by atoms with van der Waals surface area (Å²) in [4.78, 5) is 0. The lowest BCUT2D eigenvalue weighted by Crippen LogP contribution is -2.29. The van der Waals surface area contributed by atoms with E-state index < -0.39 is 0 Å². The molecule has 0 heterocycles. The average Bonchev–Trinajstić information content (AvgIpc) is 2.30. The number of methoxy groups -OCH3 is 1. The summed E-state index contributed by atoms with van der Waals surface area (Å²) in [6.45, 7) is 4.59. The number of hydrogen-bond donors (Lipinski definition) is 2. The van der Waals surface area contributed by atoms with Gasteiger partial charge in [0, 0.05) is 36.9 Å². The molecule has 90 valence electrons. The van der Waals surface area contributed by atoms with E-state index in [2.05, 4.69) is 57.5 Å². The molecule has 0 saturated carbocycles. The highest BCUT2D eigenvalue weighted by Crippen LogP contribution is 2.10. The van der Waals surface area contributed by atoms with Crippen LogP contribution in [-0.4, -0.2) is 33.4 Å². The molecule has 0 fully saturated rings. The molecule has 0 unspecified atom stereocenters. The van der Waals surface area contributed by atoms with Crippen molar-refractivity contribution in [1.82, 2.24) is 10.6 Å². The van der Waals surface area contributed by atoms with Crippen molar-refractivity contribution in [1.29, 1.82) is 0 Å². The molecular formula is C12H19IN2O. The zero-order valence-electron chi connectivity index (χ0n) is 9.63. The Balaban J connectivity index is 2.05. The van der Waals surface area contributed by atoms with Crippen LogP contribution in [0.5, 0.6) is 0 Å². The zero-order valence-corrected chi connectivity index (χ0v) is 11.8. The van der Waals surface area contributed by atoms with E-state index in [-0.39, 0.29) is 0 Å². The molecule has 0 atom stereocenters. The molecule has 0 bridgehead atoms. The maximum absolute atomic E-state index is 4.95. The van der Waals surface area contributed by atoms with Gasteiger partial charge in [-0.15, -0.1) is 0 Å². The highest BCUT2D eigenvalue weighted by molar-refractivity contribution is 14.1. The summed E-state index contributed by atoms with van der Waals surface area (Å²) in [5.41, 5.74) is 1.36. The number of ether oxygens (including phenoxy) is 1. The average molecular weight is 334 g/mol. The van der Waals surface area contributed by atoms with Gasteiger partial charge in [-0.3, -0.25) is 0 Å². The van der Waals surface area contributed by atoms with E-state index in [1.807, 2.05) is 0 Å². The van der Waals surface area contributed by atoms with Crippen LogP contribution in [0, 0.1) is 3.57 Å². The van der Waals surface area contributed by atoms with Crippen LogP contribution in [0.4, 0.5) is 0 Å². The Bertz CT molecular complexity index is 294. The first-order valence-electron chi connectivity index (χ1n) is 5.48. The predicted molar refractivity (Wildman–Crippen MR) is 75.6 cm³/mol. The summed E-state index contributed by atoms with van der Waals surface area (Å²) in [6.07, 6.45) is 0. The summed E-state index contributed by atoms with van der Waals surface area (Å²) in [5, 5.41) is 6.71. The van der Waals surface area contributed by atoms with Crippen LogP contribution in [0.3, 0.4) is 0 Å². The quantitative estimate of drug-likeness (QED) is 0.560. The summed E-state index contributed by atoms with van der Waals surface area (Å²) in [7, 11) is 1.72. The highest BCUT2D eigenvalue weighted by Gasteiger charge is 1.96. The number of halogens is 1. The standard InChI is InChI=1S/C12H19IN2O/c1-16-9-8-14-6-7-15-10-11-4-2-3-5-12(11)13/h2-5,14-15H,6-10H2,1H3. The van der Waals surface area contributed by atoms with Gasteiger partial charge in [0.2, 0.25) is 0 Å². The van der Waals surface area contributed by atoms with Crippen LogP contribution in [0.25, 0.3) is 0 Å². The SMILES string of the molecule is COCCNCCNCc1ccccc1I.